The Balaban J connectivity index is 1.35. The Morgan fingerprint density at radius 3 is 2.41 bits per heavy atom. The summed E-state index contributed by atoms with van der Waals surface area (Å²) in [7, 11) is 0. The molecule has 8 heteroatoms. The van der Waals surface area contributed by atoms with Gasteiger partial charge in [0.1, 0.15) is 6.04 Å². The van der Waals surface area contributed by atoms with Crippen LogP contribution in [0, 0.1) is 5.92 Å². The van der Waals surface area contributed by atoms with Crippen molar-refractivity contribution in [3.63, 3.8) is 0 Å². The van der Waals surface area contributed by atoms with Gasteiger partial charge in [-0.1, -0.05) is 49.6 Å². The van der Waals surface area contributed by atoms with Crippen molar-refractivity contribution in [2.75, 3.05) is 6.54 Å². The normalized spacial score (nSPS) is 22.8. The van der Waals surface area contributed by atoms with E-state index in [2.05, 4.69) is 27.0 Å². The van der Waals surface area contributed by atoms with E-state index >= 15 is 0 Å². The molecule has 2 atom stereocenters. The third-order valence-corrected chi connectivity index (χ3v) is 5.15. The molecule has 2 unspecified atom stereocenters. The van der Waals surface area contributed by atoms with E-state index in [0.717, 1.165) is 31.2 Å². The molecule has 1 aliphatic heterocycles. The Kier molecular flexibility index (Phi) is 6.78. The minimum absolute atomic E-state index is 0.00447. The van der Waals surface area contributed by atoms with Gasteiger partial charge in [-0.2, -0.15) is 0 Å². The van der Waals surface area contributed by atoms with Crippen LogP contribution in [0.5, 0.6) is 0 Å². The number of hydrogen-bond donors (Lipinski definition) is 5. The number of carbonyl (C=O) groups excluding carboxylic acids is 3. The first-order valence-corrected chi connectivity index (χ1v) is 9.56. The third kappa shape index (κ3) is 5.51. The van der Waals surface area contributed by atoms with Crippen molar-refractivity contribution in [1.82, 2.24) is 27.0 Å². The van der Waals surface area contributed by atoms with E-state index in [-0.39, 0.29) is 30.3 Å². The lowest BCUT2D eigenvalue weighted by Crippen LogP contribution is -2.52. The van der Waals surface area contributed by atoms with E-state index in [0.29, 0.717) is 6.42 Å². The van der Waals surface area contributed by atoms with Gasteiger partial charge in [0.25, 0.3) is 11.8 Å². The Bertz CT molecular complexity index is 661. The van der Waals surface area contributed by atoms with Crippen LogP contribution >= 0.6 is 0 Å². The second-order valence-electron chi connectivity index (χ2n) is 7.13. The molecular weight excluding hydrogens is 346 g/mol. The molecule has 5 N–H and O–H groups in total. The van der Waals surface area contributed by atoms with Crippen molar-refractivity contribution in [1.29, 1.82) is 0 Å². The van der Waals surface area contributed by atoms with E-state index in [1.54, 1.807) is 0 Å². The van der Waals surface area contributed by atoms with E-state index in [9.17, 15) is 14.4 Å². The van der Waals surface area contributed by atoms with E-state index in [1.807, 2.05) is 30.3 Å². The van der Waals surface area contributed by atoms with Gasteiger partial charge in [0.15, 0.2) is 0 Å². The first-order valence-electron chi connectivity index (χ1n) is 9.56. The zero-order chi connectivity index (χ0) is 19.1. The van der Waals surface area contributed by atoms with Crippen LogP contribution in [-0.2, 0) is 14.4 Å². The zero-order valence-electron chi connectivity index (χ0n) is 15.3. The van der Waals surface area contributed by atoms with Crippen molar-refractivity contribution in [3.05, 3.63) is 35.9 Å². The number of carbonyl (C=O) groups is 3. The Morgan fingerprint density at radius 1 is 0.926 bits per heavy atom. The molecule has 27 heavy (non-hydrogen) atoms. The Hall–Kier alpha value is -2.45. The number of rotatable bonds is 5. The molecule has 3 amide bonds. The lowest BCUT2D eigenvalue weighted by Gasteiger charge is -2.20. The number of hydrazine groups is 2. The van der Waals surface area contributed by atoms with Gasteiger partial charge in [0, 0.05) is 12.0 Å². The summed E-state index contributed by atoms with van der Waals surface area (Å²) in [6, 6.07) is 9.42. The number of nitrogens with one attached hydrogen (secondary N) is 5. The molecular formula is C19H27N5O3. The predicted molar refractivity (Wildman–Crippen MR) is 99.7 cm³/mol. The molecule has 3 rings (SSSR count). The van der Waals surface area contributed by atoms with Crippen LogP contribution < -0.4 is 27.0 Å². The average molecular weight is 373 g/mol. The van der Waals surface area contributed by atoms with E-state index in [4.69, 9.17) is 0 Å². The van der Waals surface area contributed by atoms with Crippen LogP contribution in [0.4, 0.5) is 0 Å². The predicted octanol–water partition coefficient (Wildman–Crippen LogP) is 0.438. The number of benzene rings is 1. The standard InChI is InChI=1S/C19H27N5O3/c25-17(12-20-18(26)14-9-5-2-6-10-14)23-24-19(27)16-11-15(21-22-16)13-7-3-1-4-8-13/h1,3-4,7-8,14-16,21-22H,2,5-6,9-12H2,(H,20,26)(H,23,25)(H,24,27). The quantitative estimate of drug-likeness (QED) is 0.481. The van der Waals surface area contributed by atoms with E-state index in [1.165, 1.54) is 6.42 Å². The molecule has 0 aromatic heterocycles. The van der Waals surface area contributed by atoms with Gasteiger partial charge < -0.3 is 5.32 Å². The molecule has 2 fully saturated rings. The highest BCUT2D eigenvalue weighted by atomic mass is 16.2. The summed E-state index contributed by atoms with van der Waals surface area (Å²) in [4.78, 5) is 36.1. The monoisotopic (exact) mass is 373 g/mol. The second-order valence-corrected chi connectivity index (χ2v) is 7.13. The molecule has 0 bridgehead atoms. The molecule has 0 spiro atoms. The summed E-state index contributed by atoms with van der Waals surface area (Å²) < 4.78 is 0. The highest BCUT2D eigenvalue weighted by Gasteiger charge is 2.30. The smallest absolute Gasteiger partial charge is 0.257 e. The maximum atomic E-state index is 12.2. The van der Waals surface area contributed by atoms with Crippen molar-refractivity contribution in [2.24, 2.45) is 5.92 Å². The van der Waals surface area contributed by atoms with Crippen molar-refractivity contribution >= 4 is 17.7 Å². The van der Waals surface area contributed by atoms with Gasteiger partial charge in [0.05, 0.1) is 6.54 Å². The summed E-state index contributed by atoms with van der Waals surface area (Å²) in [5.74, 6) is -0.848. The summed E-state index contributed by atoms with van der Waals surface area (Å²) >= 11 is 0. The number of hydrogen-bond acceptors (Lipinski definition) is 5. The fraction of sp³-hybridized carbons (Fsp3) is 0.526. The lowest BCUT2D eigenvalue weighted by molar-refractivity contribution is -0.131. The molecule has 0 radical (unpaired) electrons. The van der Waals surface area contributed by atoms with Gasteiger partial charge in [-0.3, -0.25) is 25.2 Å². The maximum absolute atomic E-state index is 12.2. The molecule has 1 heterocycles. The first kappa shape index (κ1) is 19.3. The fourth-order valence-electron chi connectivity index (χ4n) is 3.57. The summed E-state index contributed by atoms with van der Waals surface area (Å²) in [5, 5.41) is 2.64. The van der Waals surface area contributed by atoms with Crippen LogP contribution in [0.2, 0.25) is 0 Å². The molecule has 1 aliphatic carbocycles. The van der Waals surface area contributed by atoms with Gasteiger partial charge in [0.2, 0.25) is 5.91 Å². The molecule has 1 aromatic carbocycles. The molecule has 146 valence electrons. The maximum Gasteiger partial charge on any atom is 0.257 e. The van der Waals surface area contributed by atoms with Crippen LogP contribution in [0.3, 0.4) is 0 Å². The van der Waals surface area contributed by atoms with E-state index < -0.39 is 11.9 Å². The highest BCUT2D eigenvalue weighted by Crippen LogP contribution is 2.23. The van der Waals surface area contributed by atoms with Crippen LogP contribution in [0.25, 0.3) is 0 Å². The second kappa shape index (κ2) is 9.48. The highest BCUT2D eigenvalue weighted by molar-refractivity contribution is 5.88. The van der Waals surface area contributed by atoms with Crippen LogP contribution in [0.1, 0.15) is 50.1 Å². The van der Waals surface area contributed by atoms with Crippen LogP contribution in [0.15, 0.2) is 30.3 Å². The minimum Gasteiger partial charge on any atom is -0.347 e. The van der Waals surface area contributed by atoms with Gasteiger partial charge in [-0.15, -0.1) is 0 Å². The van der Waals surface area contributed by atoms with Crippen molar-refractivity contribution < 1.29 is 14.4 Å². The fourth-order valence-corrected chi connectivity index (χ4v) is 3.57. The third-order valence-electron chi connectivity index (χ3n) is 5.15. The van der Waals surface area contributed by atoms with Crippen molar-refractivity contribution in [2.45, 2.75) is 50.6 Å². The molecule has 8 nitrogen and oxygen atoms in total. The molecule has 2 aliphatic rings. The first-order chi connectivity index (χ1) is 13.1. The van der Waals surface area contributed by atoms with Gasteiger partial charge in [-0.05, 0) is 24.8 Å². The zero-order valence-corrected chi connectivity index (χ0v) is 15.3. The van der Waals surface area contributed by atoms with Crippen molar-refractivity contribution in [3.8, 4) is 0 Å². The molecule has 1 aromatic rings. The summed E-state index contributed by atoms with van der Waals surface area (Å²) in [5.41, 5.74) is 11.9. The Morgan fingerprint density at radius 2 is 1.67 bits per heavy atom. The lowest BCUT2D eigenvalue weighted by atomic mass is 9.89. The molecule has 1 saturated heterocycles. The Labute approximate surface area is 158 Å². The van der Waals surface area contributed by atoms with Gasteiger partial charge in [-0.25, -0.2) is 10.9 Å². The summed E-state index contributed by atoms with van der Waals surface area (Å²) in [6.07, 6.45) is 5.63. The van der Waals surface area contributed by atoms with Gasteiger partial charge >= 0.3 is 0 Å². The minimum atomic E-state index is -0.452. The largest absolute Gasteiger partial charge is 0.347 e. The SMILES string of the molecule is O=C(CNC(=O)C1CCCCC1)NNC(=O)C1CC(c2ccccc2)NN1. The average Bonchev–Trinajstić information content (AvgIpc) is 3.22. The summed E-state index contributed by atoms with van der Waals surface area (Å²) in [6.45, 7) is -0.140. The topological polar surface area (TPSA) is 111 Å². The number of amides is 3. The van der Waals surface area contributed by atoms with Crippen LogP contribution in [-0.4, -0.2) is 30.3 Å². The molecule has 1 saturated carbocycles.